The van der Waals surface area contributed by atoms with E-state index in [1.807, 2.05) is 33.0 Å². The number of hydrogen-bond acceptors (Lipinski definition) is 3. The molecule has 112 valence electrons. The summed E-state index contributed by atoms with van der Waals surface area (Å²) in [4.78, 5) is 26.4. The Balaban J connectivity index is 1.88. The predicted octanol–water partition coefficient (Wildman–Crippen LogP) is 1.20. The van der Waals surface area contributed by atoms with Crippen molar-refractivity contribution in [3.63, 3.8) is 0 Å². The Morgan fingerprint density at radius 2 is 2.14 bits per heavy atom. The lowest BCUT2D eigenvalue weighted by Gasteiger charge is -2.08. The van der Waals surface area contributed by atoms with Gasteiger partial charge in [0.1, 0.15) is 0 Å². The molecular formula is C15H20N4O2. The van der Waals surface area contributed by atoms with E-state index in [-0.39, 0.29) is 18.0 Å². The first-order valence-corrected chi connectivity index (χ1v) is 6.91. The van der Waals surface area contributed by atoms with Crippen molar-refractivity contribution in [3.05, 3.63) is 51.2 Å². The van der Waals surface area contributed by atoms with Gasteiger partial charge in [0.15, 0.2) is 0 Å². The van der Waals surface area contributed by atoms with Crippen LogP contribution in [0.25, 0.3) is 0 Å². The number of rotatable bonds is 5. The molecule has 2 rings (SSSR count). The monoisotopic (exact) mass is 288 g/mol. The van der Waals surface area contributed by atoms with Gasteiger partial charge in [-0.1, -0.05) is 0 Å². The zero-order valence-corrected chi connectivity index (χ0v) is 12.6. The van der Waals surface area contributed by atoms with Crippen LogP contribution in [0.1, 0.15) is 28.8 Å². The minimum Gasteiger partial charge on any atom is -0.352 e. The van der Waals surface area contributed by atoms with Crippen molar-refractivity contribution in [1.29, 1.82) is 0 Å². The molecule has 0 fully saturated rings. The number of pyridine rings is 1. The highest BCUT2D eigenvalue weighted by atomic mass is 16.1. The number of aromatic amines is 1. The third-order valence-corrected chi connectivity index (χ3v) is 3.29. The lowest BCUT2D eigenvalue weighted by atomic mass is 10.1. The lowest BCUT2D eigenvalue weighted by molar-refractivity contribution is -0.121. The van der Waals surface area contributed by atoms with Gasteiger partial charge in [-0.2, -0.15) is 5.10 Å². The highest BCUT2D eigenvalue weighted by molar-refractivity contribution is 5.75. The van der Waals surface area contributed by atoms with Crippen LogP contribution in [-0.4, -0.2) is 20.7 Å². The fourth-order valence-corrected chi connectivity index (χ4v) is 2.18. The Labute approximate surface area is 123 Å². The molecule has 1 amide bonds. The van der Waals surface area contributed by atoms with Gasteiger partial charge in [0.05, 0.1) is 6.20 Å². The van der Waals surface area contributed by atoms with Gasteiger partial charge in [0, 0.05) is 37.0 Å². The molecule has 6 heteroatoms. The van der Waals surface area contributed by atoms with Crippen molar-refractivity contribution >= 4 is 5.91 Å². The van der Waals surface area contributed by atoms with Crippen molar-refractivity contribution in [3.8, 4) is 0 Å². The maximum absolute atomic E-state index is 11.8. The molecule has 0 aliphatic carbocycles. The number of amides is 1. The molecule has 0 saturated heterocycles. The Hall–Kier alpha value is -2.37. The first kappa shape index (κ1) is 15.0. The Kier molecular flexibility index (Phi) is 4.57. The van der Waals surface area contributed by atoms with Gasteiger partial charge in [-0.25, -0.2) is 0 Å². The number of H-pyrrole nitrogens is 1. The van der Waals surface area contributed by atoms with Crippen molar-refractivity contribution in [2.45, 2.75) is 40.3 Å². The molecule has 0 spiro atoms. The van der Waals surface area contributed by atoms with E-state index in [1.54, 1.807) is 10.9 Å². The van der Waals surface area contributed by atoms with Crippen LogP contribution in [-0.2, 0) is 17.9 Å². The second-order valence-electron chi connectivity index (χ2n) is 5.25. The highest BCUT2D eigenvalue weighted by Gasteiger charge is 2.08. The first-order chi connectivity index (χ1) is 9.95. The predicted molar refractivity (Wildman–Crippen MR) is 80.0 cm³/mol. The summed E-state index contributed by atoms with van der Waals surface area (Å²) in [7, 11) is 0. The van der Waals surface area contributed by atoms with E-state index >= 15 is 0 Å². The molecule has 2 aromatic rings. The highest BCUT2D eigenvalue weighted by Crippen LogP contribution is 2.03. The molecule has 0 aliphatic heterocycles. The first-order valence-electron chi connectivity index (χ1n) is 6.91. The van der Waals surface area contributed by atoms with Crippen molar-refractivity contribution < 1.29 is 4.79 Å². The molecule has 0 atom stereocenters. The maximum atomic E-state index is 11.8. The third kappa shape index (κ3) is 4.05. The summed E-state index contributed by atoms with van der Waals surface area (Å²) >= 11 is 0. The molecule has 0 bridgehead atoms. The van der Waals surface area contributed by atoms with Crippen molar-refractivity contribution in [1.82, 2.24) is 20.1 Å². The van der Waals surface area contributed by atoms with Crippen LogP contribution in [0.3, 0.4) is 0 Å². The molecule has 0 aliphatic rings. The third-order valence-electron chi connectivity index (χ3n) is 3.29. The molecule has 0 saturated carbocycles. The van der Waals surface area contributed by atoms with Crippen LogP contribution in [0.2, 0.25) is 0 Å². The molecule has 0 radical (unpaired) electrons. The summed E-state index contributed by atoms with van der Waals surface area (Å²) in [6.07, 6.45) is 3.99. The fourth-order valence-electron chi connectivity index (χ4n) is 2.18. The fraction of sp³-hybridized carbons (Fsp3) is 0.400. The molecule has 2 heterocycles. The van der Waals surface area contributed by atoms with Gasteiger partial charge in [0.25, 0.3) is 5.56 Å². The summed E-state index contributed by atoms with van der Waals surface area (Å²) in [5, 5.41) is 6.90. The zero-order chi connectivity index (χ0) is 15.4. The number of carbonyl (C=O) groups excluding carboxylic acids is 1. The number of hydrogen-bond donors (Lipinski definition) is 2. The van der Waals surface area contributed by atoms with Gasteiger partial charge in [-0.15, -0.1) is 0 Å². The van der Waals surface area contributed by atoms with Crippen LogP contribution in [0.15, 0.2) is 23.3 Å². The molecule has 2 aromatic heterocycles. The van der Waals surface area contributed by atoms with Gasteiger partial charge in [-0.05, 0) is 38.0 Å². The van der Waals surface area contributed by atoms with Crippen LogP contribution in [0.4, 0.5) is 0 Å². The average molecular weight is 288 g/mol. The van der Waals surface area contributed by atoms with E-state index in [0.29, 0.717) is 18.5 Å². The van der Waals surface area contributed by atoms with E-state index < -0.39 is 0 Å². The molecule has 0 unspecified atom stereocenters. The zero-order valence-electron chi connectivity index (χ0n) is 12.6. The van der Waals surface area contributed by atoms with Crippen molar-refractivity contribution in [2.75, 3.05) is 0 Å². The van der Waals surface area contributed by atoms with Gasteiger partial charge < -0.3 is 10.3 Å². The minimum absolute atomic E-state index is 0.0949. The quantitative estimate of drug-likeness (QED) is 0.867. The number of nitrogens with zero attached hydrogens (tertiary/aromatic N) is 2. The standard InChI is InChI=1S/C15H20N4O2/c1-10-7-17-19(9-10)5-4-14(20)16-8-13-11(2)6-12(3)18-15(13)21/h6-7,9H,4-5,8H2,1-3H3,(H,16,20)(H,18,21). The number of nitrogens with one attached hydrogen (secondary N) is 2. The maximum Gasteiger partial charge on any atom is 0.253 e. The summed E-state index contributed by atoms with van der Waals surface area (Å²) in [6.45, 7) is 6.44. The molecule has 6 nitrogen and oxygen atoms in total. The summed E-state index contributed by atoms with van der Waals surface area (Å²) in [5.74, 6) is -0.0949. The minimum atomic E-state index is -0.143. The van der Waals surface area contributed by atoms with Crippen LogP contribution >= 0.6 is 0 Å². The number of aromatic nitrogens is 3. The Morgan fingerprint density at radius 1 is 1.38 bits per heavy atom. The van der Waals surface area contributed by atoms with Crippen LogP contribution in [0.5, 0.6) is 0 Å². The average Bonchev–Trinajstić information content (AvgIpc) is 2.81. The van der Waals surface area contributed by atoms with Crippen LogP contribution in [0, 0.1) is 20.8 Å². The summed E-state index contributed by atoms with van der Waals surface area (Å²) in [5.41, 5.74) is 3.23. The van der Waals surface area contributed by atoms with E-state index in [9.17, 15) is 9.59 Å². The number of carbonyl (C=O) groups is 1. The lowest BCUT2D eigenvalue weighted by Crippen LogP contribution is -2.28. The SMILES string of the molecule is Cc1cnn(CCC(=O)NCc2c(C)cc(C)[nH]c2=O)c1. The molecule has 0 aromatic carbocycles. The summed E-state index contributed by atoms with van der Waals surface area (Å²) in [6, 6.07) is 1.90. The van der Waals surface area contributed by atoms with Crippen LogP contribution < -0.4 is 10.9 Å². The Morgan fingerprint density at radius 3 is 2.76 bits per heavy atom. The Bertz CT molecular complexity index is 700. The molecule has 2 N–H and O–H groups in total. The van der Waals surface area contributed by atoms with E-state index in [2.05, 4.69) is 15.4 Å². The number of aryl methyl sites for hydroxylation is 4. The molecule has 21 heavy (non-hydrogen) atoms. The van der Waals surface area contributed by atoms with Gasteiger partial charge in [0.2, 0.25) is 5.91 Å². The van der Waals surface area contributed by atoms with E-state index in [0.717, 1.165) is 16.8 Å². The second-order valence-corrected chi connectivity index (χ2v) is 5.25. The molecular weight excluding hydrogens is 268 g/mol. The largest absolute Gasteiger partial charge is 0.352 e. The summed E-state index contributed by atoms with van der Waals surface area (Å²) < 4.78 is 1.73. The van der Waals surface area contributed by atoms with E-state index in [4.69, 9.17) is 0 Å². The van der Waals surface area contributed by atoms with Crippen molar-refractivity contribution in [2.24, 2.45) is 0 Å². The normalized spacial score (nSPS) is 10.6. The van der Waals surface area contributed by atoms with Gasteiger partial charge in [-0.3, -0.25) is 14.3 Å². The topological polar surface area (TPSA) is 79.8 Å². The van der Waals surface area contributed by atoms with Gasteiger partial charge >= 0.3 is 0 Å². The smallest absolute Gasteiger partial charge is 0.253 e. The second kappa shape index (κ2) is 6.39. The van der Waals surface area contributed by atoms with E-state index in [1.165, 1.54) is 0 Å².